The Hall–Kier alpha value is -3.26. The summed E-state index contributed by atoms with van der Waals surface area (Å²) in [5, 5.41) is 0. The Bertz CT molecular complexity index is 1130. The van der Waals surface area contributed by atoms with Crippen LogP contribution in [0, 0.1) is 11.6 Å². The Kier molecular flexibility index (Phi) is 5.41. The molecule has 1 amide bonds. The van der Waals surface area contributed by atoms with Crippen LogP contribution in [0.3, 0.4) is 0 Å². The minimum absolute atomic E-state index is 0.0297. The molecule has 0 fully saturated rings. The summed E-state index contributed by atoms with van der Waals surface area (Å²) in [6, 6.07) is 14.3. The average Bonchev–Trinajstić information content (AvgIpc) is 2.67. The average molecular weight is 403 g/mol. The second-order valence-corrected chi connectivity index (χ2v) is 7.79. The number of nitrogens with two attached hydrogens (primary N) is 1. The Morgan fingerprint density at radius 2 is 1.64 bits per heavy atom. The molecule has 2 N–H and O–H groups in total. The smallest absolute Gasteiger partial charge is 0.250 e. The number of benzene rings is 3. The van der Waals surface area contributed by atoms with Gasteiger partial charge in [0, 0.05) is 6.07 Å². The van der Waals surface area contributed by atoms with E-state index in [1.165, 1.54) is 54.6 Å². The van der Waals surface area contributed by atoms with Gasteiger partial charge in [0.05, 0.1) is 15.4 Å². The molecule has 144 valence electrons. The van der Waals surface area contributed by atoms with Gasteiger partial charge in [-0.1, -0.05) is 24.3 Å². The first-order chi connectivity index (χ1) is 13.3. The van der Waals surface area contributed by atoms with E-state index in [9.17, 15) is 22.0 Å². The molecule has 0 saturated heterocycles. The lowest BCUT2D eigenvalue weighted by atomic mass is 10.2. The van der Waals surface area contributed by atoms with Crippen molar-refractivity contribution in [3.63, 3.8) is 0 Å². The van der Waals surface area contributed by atoms with Crippen LogP contribution in [0.25, 0.3) is 0 Å². The fraction of sp³-hybridized carbons (Fsp3) is 0.0500. The fourth-order valence-corrected chi connectivity index (χ4v) is 4.01. The van der Waals surface area contributed by atoms with Crippen molar-refractivity contribution in [1.82, 2.24) is 0 Å². The Balaban J connectivity index is 1.81. The molecular formula is C20H15F2NO4S. The summed E-state index contributed by atoms with van der Waals surface area (Å²) in [6.45, 7) is -0.0409. The molecular weight excluding hydrogens is 388 g/mol. The molecule has 0 aliphatic rings. The number of primary amides is 1. The summed E-state index contributed by atoms with van der Waals surface area (Å²) >= 11 is 0. The number of hydrogen-bond donors (Lipinski definition) is 1. The Morgan fingerprint density at radius 1 is 0.964 bits per heavy atom. The van der Waals surface area contributed by atoms with Crippen molar-refractivity contribution in [2.24, 2.45) is 5.73 Å². The van der Waals surface area contributed by atoms with Crippen molar-refractivity contribution in [2.75, 3.05) is 0 Å². The van der Waals surface area contributed by atoms with Gasteiger partial charge in [-0.3, -0.25) is 4.79 Å². The van der Waals surface area contributed by atoms with E-state index in [1.54, 1.807) is 0 Å². The first-order valence-corrected chi connectivity index (χ1v) is 9.58. The fourth-order valence-electron chi connectivity index (χ4n) is 2.55. The Morgan fingerprint density at radius 3 is 2.29 bits per heavy atom. The number of hydrogen-bond acceptors (Lipinski definition) is 4. The lowest BCUT2D eigenvalue weighted by Gasteiger charge is -2.10. The molecule has 0 saturated carbocycles. The van der Waals surface area contributed by atoms with Gasteiger partial charge in [0.25, 0.3) is 0 Å². The summed E-state index contributed by atoms with van der Waals surface area (Å²) < 4.78 is 57.4. The normalized spacial score (nSPS) is 11.2. The highest BCUT2D eigenvalue weighted by Crippen LogP contribution is 2.25. The number of halogens is 2. The number of carbonyl (C=O) groups excluding carboxylic acids is 1. The standard InChI is InChI=1S/C20H15F2NO4S/c21-14-7-10-18(17(22)11-14)27-12-13-5-8-15(9-6-13)28(25,26)19-4-2-1-3-16(19)20(23)24/h1-11H,12H2,(H2,23,24). The number of carbonyl (C=O) groups is 1. The van der Waals surface area contributed by atoms with Crippen LogP contribution in [-0.4, -0.2) is 14.3 Å². The lowest BCUT2D eigenvalue weighted by Crippen LogP contribution is -2.16. The molecule has 8 heteroatoms. The van der Waals surface area contributed by atoms with Crippen LogP contribution in [0.1, 0.15) is 15.9 Å². The molecule has 3 aromatic rings. The van der Waals surface area contributed by atoms with E-state index in [0.29, 0.717) is 11.6 Å². The zero-order valence-corrected chi connectivity index (χ0v) is 15.2. The molecule has 3 aromatic carbocycles. The molecule has 0 spiro atoms. The highest BCUT2D eigenvalue weighted by molar-refractivity contribution is 7.91. The van der Waals surface area contributed by atoms with E-state index < -0.39 is 27.4 Å². The number of rotatable bonds is 6. The maximum atomic E-state index is 13.6. The van der Waals surface area contributed by atoms with Gasteiger partial charge in [0.15, 0.2) is 11.6 Å². The van der Waals surface area contributed by atoms with E-state index in [2.05, 4.69) is 0 Å². The van der Waals surface area contributed by atoms with E-state index in [1.807, 2.05) is 0 Å². The summed E-state index contributed by atoms with van der Waals surface area (Å²) in [5.41, 5.74) is 5.74. The van der Waals surface area contributed by atoms with Crippen LogP contribution in [0.5, 0.6) is 5.75 Å². The van der Waals surface area contributed by atoms with Crippen LogP contribution < -0.4 is 10.5 Å². The largest absolute Gasteiger partial charge is 0.486 e. The first-order valence-electron chi connectivity index (χ1n) is 8.10. The molecule has 0 unspecified atom stereocenters. The second kappa shape index (κ2) is 7.77. The third kappa shape index (κ3) is 4.01. The van der Waals surface area contributed by atoms with Crippen LogP contribution >= 0.6 is 0 Å². The molecule has 0 atom stereocenters. The van der Waals surface area contributed by atoms with Gasteiger partial charge in [-0.2, -0.15) is 0 Å². The molecule has 5 nitrogen and oxygen atoms in total. The highest BCUT2D eigenvalue weighted by Gasteiger charge is 2.23. The number of amides is 1. The van der Waals surface area contributed by atoms with E-state index in [4.69, 9.17) is 10.5 Å². The molecule has 0 bridgehead atoms. The van der Waals surface area contributed by atoms with Crippen LogP contribution in [0.15, 0.2) is 76.5 Å². The summed E-state index contributed by atoms with van der Waals surface area (Å²) in [6.07, 6.45) is 0. The van der Waals surface area contributed by atoms with E-state index >= 15 is 0 Å². The molecule has 0 aliphatic heterocycles. The van der Waals surface area contributed by atoms with Crippen molar-refractivity contribution in [3.05, 3.63) is 89.5 Å². The van der Waals surface area contributed by atoms with Gasteiger partial charge < -0.3 is 10.5 Å². The van der Waals surface area contributed by atoms with E-state index in [0.717, 1.165) is 6.07 Å². The monoisotopic (exact) mass is 403 g/mol. The predicted molar refractivity (Wildman–Crippen MR) is 97.5 cm³/mol. The van der Waals surface area contributed by atoms with Crippen molar-refractivity contribution >= 4 is 15.7 Å². The minimum Gasteiger partial charge on any atom is -0.486 e. The van der Waals surface area contributed by atoms with Gasteiger partial charge in [-0.15, -0.1) is 0 Å². The topological polar surface area (TPSA) is 86.5 Å². The summed E-state index contributed by atoms with van der Waals surface area (Å²) in [4.78, 5) is 11.3. The van der Waals surface area contributed by atoms with Crippen molar-refractivity contribution in [3.8, 4) is 5.75 Å². The SMILES string of the molecule is NC(=O)c1ccccc1S(=O)(=O)c1ccc(COc2ccc(F)cc2F)cc1. The predicted octanol–water partition coefficient (Wildman–Crippen LogP) is 3.48. The lowest BCUT2D eigenvalue weighted by molar-refractivity contribution is 0.0997. The van der Waals surface area contributed by atoms with Gasteiger partial charge in [-0.25, -0.2) is 17.2 Å². The maximum absolute atomic E-state index is 13.6. The first kappa shape index (κ1) is 19.5. The van der Waals surface area contributed by atoms with Crippen molar-refractivity contribution in [1.29, 1.82) is 0 Å². The zero-order valence-electron chi connectivity index (χ0n) is 14.4. The van der Waals surface area contributed by atoms with Gasteiger partial charge in [0.1, 0.15) is 12.4 Å². The number of ether oxygens (including phenoxy) is 1. The number of sulfone groups is 1. The molecule has 0 aliphatic carbocycles. The van der Waals surface area contributed by atoms with Crippen molar-refractivity contribution < 1.29 is 26.7 Å². The van der Waals surface area contributed by atoms with Crippen LogP contribution in [0.4, 0.5) is 8.78 Å². The van der Waals surface area contributed by atoms with Crippen LogP contribution in [0.2, 0.25) is 0 Å². The zero-order chi connectivity index (χ0) is 20.3. The third-order valence-electron chi connectivity index (χ3n) is 3.96. The van der Waals surface area contributed by atoms with Crippen molar-refractivity contribution in [2.45, 2.75) is 16.4 Å². The molecule has 3 rings (SSSR count). The van der Waals surface area contributed by atoms with Crippen LogP contribution in [-0.2, 0) is 16.4 Å². The van der Waals surface area contributed by atoms with Gasteiger partial charge in [-0.05, 0) is 42.0 Å². The third-order valence-corrected chi connectivity index (χ3v) is 5.79. The summed E-state index contributed by atoms with van der Waals surface area (Å²) in [7, 11) is -3.95. The minimum atomic E-state index is -3.95. The molecule has 0 heterocycles. The molecule has 0 aromatic heterocycles. The van der Waals surface area contributed by atoms with Gasteiger partial charge >= 0.3 is 0 Å². The molecule has 0 radical (unpaired) electrons. The quantitative estimate of drug-likeness (QED) is 0.683. The summed E-state index contributed by atoms with van der Waals surface area (Å²) in [5.74, 6) is -2.50. The highest BCUT2D eigenvalue weighted by atomic mass is 32.2. The van der Waals surface area contributed by atoms with Gasteiger partial charge in [0.2, 0.25) is 15.7 Å². The molecule has 28 heavy (non-hydrogen) atoms. The second-order valence-electron chi connectivity index (χ2n) is 5.87. The maximum Gasteiger partial charge on any atom is 0.250 e. The Labute approximate surface area is 160 Å². The van der Waals surface area contributed by atoms with E-state index in [-0.39, 0.29) is 27.7 Å².